The van der Waals surface area contributed by atoms with E-state index in [4.69, 9.17) is 4.74 Å². The molecule has 1 aromatic heterocycles. The summed E-state index contributed by atoms with van der Waals surface area (Å²) in [6.07, 6.45) is 2.26. The van der Waals surface area contributed by atoms with Gasteiger partial charge in [-0.3, -0.25) is 9.59 Å². The van der Waals surface area contributed by atoms with E-state index in [1.165, 1.54) is 4.57 Å². The van der Waals surface area contributed by atoms with Gasteiger partial charge in [-0.15, -0.1) is 0 Å². The van der Waals surface area contributed by atoms with Crippen LogP contribution in [0.1, 0.15) is 11.1 Å². The van der Waals surface area contributed by atoms with Crippen LogP contribution in [0.3, 0.4) is 0 Å². The number of hydrogen-bond acceptors (Lipinski definition) is 3. The number of carbonyl (C=O) groups excluding carboxylic acids is 1. The fraction of sp³-hybridized carbons (Fsp3) is 0.250. The molecule has 0 unspecified atom stereocenters. The molecule has 0 amide bonds. The van der Waals surface area contributed by atoms with Gasteiger partial charge in [-0.25, -0.2) is 0 Å². The van der Waals surface area contributed by atoms with Gasteiger partial charge >= 0.3 is 5.97 Å². The summed E-state index contributed by atoms with van der Waals surface area (Å²) in [7, 11) is 0. The fourth-order valence-corrected chi connectivity index (χ4v) is 2.56. The van der Waals surface area contributed by atoms with Crippen LogP contribution in [0.25, 0.3) is 0 Å². The Morgan fingerprint density at radius 3 is 2.71 bits per heavy atom. The number of aromatic nitrogens is 1. The van der Waals surface area contributed by atoms with Crippen molar-refractivity contribution in [1.29, 1.82) is 0 Å². The second kappa shape index (κ2) is 7.22. The highest BCUT2D eigenvalue weighted by molar-refractivity contribution is 9.10. The number of nitrogens with zero attached hydrogens (tertiary/aromatic N) is 1. The molecule has 0 aliphatic carbocycles. The summed E-state index contributed by atoms with van der Waals surface area (Å²) >= 11 is 3.31. The molecule has 2 rings (SSSR count). The zero-order valence-electron chi connectivity index (χ0n) is 11.7. The third-order valence-corrected chi connectivity index (χ3v) is 3.46. The van der Waals surface area contributed by atoms with Crippen molar-refractivity contribution in [1.82, 2.24) is 4.57 Å². The van der Waals surface area contributed by atoms with Crippen molar-refractivity contribution < 1.29 is 9.53 Å². The summed E-state index contributed by atoms with van der Waals surface area (Å²) in [5, 5.41) is 0. The Balaban J connectivity index is 1.89. The smallest absolute Gasteiger partial charge is 0.326 e. The summed E-state index contributed by atoms with van der Waals surface area (Å²) < 4.78 is 7.28. The molecule has 0 aliphatic heterocycles. The lowest BCUT2D eigenvalue weighted by molar-refractivity contribution is -0.144. The van der Waals surface area contributed by atoms with Crippen LogP contribution in [0, 0.1) is 6.92 Å². The number of hydrogen-bond donors (Lipinski definition) is 0. The molecule has 1 aromatic carbocycles. The lowest BCUT2D eigenvalue weighted by atomic mass is 10.2. The molecule has 21 heavy (non-hydrogen) atoms. The summed E-state index contributed by atoms with van der Waals surface area (Å²) in [6.45, 7) is 1.95. The Hall–Kier alpha value is -1.88. The first kappa shape index (κ1) is 15.5. The summed E-state index contributed by atoms with van der Waals surface area (Å²) in [5.41, 5.74) is 1.51. The average molecular weight is 350 g/mol. The van der Waals surface area contributed by atoms with E-state index < -0.39 is 5.97 Å². The van der Waals surface area contributed by atoms with E-state index in [1.807, 2.05) is 30.3 Å². The Morgan fingerprint density at radius 2 is 2.00 bits per heavy atom. The summed E-state index contributed by atoms with van der Waals surface area (Å²) in [5.74, 6) is -0.412. The van der Waals surface area contributed by atoms with Gasteiger partial charge in [0.2, 0.25) is 0 Å². The highest BCUT2D eigenvalue weighted by Gasteiger charge is 2.08. The number of halogens is 1. The minimum Gasteiger partial charge on any atom is -0.464 e. The average Bonchev–Trinajstić information content (AvgIpc) is 2.45. The molecule has 1 heterocycles. The van der Waals surface area contributed by atoms with Crippen LogP contribution in [-0.2, 0) is 22.5 Å². The third kappa shape index (κ3) is 4.56. The molecule has 110 valence electrons. The standard InChI is InChI=1S/C16H16BrNO3/c1-12-9-14(17)10-18(16(12)20)11-15(19)21-8-7-13-5-3-2-4-6-13/h2-6,9-10H,7-8,11H2,1H3. The predicted molar refractivity (Wildman–Crippen MR) is 84.2 cm³/mol. The third-order valence-electron chi connectivity index (χ3n) is 3.03. The van der Waals surface area contributed by atoms with Gasteiger partial charge in [-0.05, 0) is 34.5 Å². The van der Waals surface area contributed by atoms with Crippen molar-refractivity contribution in [2.75, 3.05) is 6.61 Å². The Morgan fingerprint density at radius 1 is 1.29 bits per heavy atom. The van der Waals surface area contributed by atoms with E-state index >= 15 is 0 Å². The van der Waals surface area contributed by atoms with Crippen LogP contribution in [0.5, 0.6) is 0 Å². The number of esters is 1. The van der Waals surface area contributed by atoms with Gasteiger partial charge in [0, 0.05) is 22.7 Å². The van der Waals surface area contributed by atoms with E-state index in [-0.39, 0.29) is 12.1 Å². The van der Waals surface area contributed by atoms with E-state index in [9.17, 15) is 9.59 Å². The molecular formula is C16H16BrNO3. The van der Waals surface area contributed by atoms with E-state index in [0.717, 1.165) is 10.0 Å². The molecule has 0 aliphatic rings. The van der Waals surface area contributed by atoms with Crippen molar-refractivity contribution in [3.63, 3.8) is 0 Å². The molecular weight excluding hydrogens is 334 g/mol. The monoisotopic (exact) mass is 349 g/mol. The van der Waals surface area contributed by atoms with Gasteiger partial charge in [0.1, 0.15) is 6.54 Å². The van der Waals surface area contributed by atoms with Gasteiger partial charge in [0.05, 0.1) is 6.61 Å². The SMILES string of the molecule is Cc1cc(Br)cn(CC(=O)OCCc2ccccc2)c1=O. The van der Waals surface area contributed by atoms with Crippen molar-refractivity contribution in [2.45, 2.75) is 19.9 Å². The highest BCUT2D eigenvalue weighted by atomic mass is 79.9. The van der Waals surface area contributed by atoms with Gasteiger partial charge in [-0.1, -0.05) is 30.3 Å². The first-order valence-corrected chi connectivity index (χ1v) is 7.41. The number of pyridine rings is 1. The molecule has 0 N–H and O–H groups in total. The molecule has 4 nitrogen and oxygen atoms in total. The molecule has 0 spiro atoms. The number of ether oxygens (including phenoxy) is 1. The summed E-state index contributed by atoms with van der Waals surface area (Å²) in [4.78, 5) is 23.7. The number of rotatable bonds is 5. The Labute approximate surface area is 131 Å². The van der Waals surface area contributed by atoms with Gasteiger partial charge in [0.25, 0.3) is 5.56 Å². The normalized spacial score (nSPS) is 10.4. The largest absolute Gasteiger partial charge is 0.464 e. The molecule has 0 saturated heterocycles. The van der Waals surface area contributed by atoms with Crippen LogP contribution in [0.4, 0.5) is 0 Å². The summed E-state index contributed by atoms with van der Waals surface area (Å²) in [6, 6.07) is 11.5. The first-order valence-electron chi connectivity index (χ1n) is 6.62. The van der Waals surface area contributed by atoms with Crippen molar-refractivity contribution >= 4 is 21.9 Å². The van der Waals surface area contributed by atoms with Gasteiger partial charge in [-0.2, -0.15) is 0 Å². The predicted octanol–water partition coefficient (Wildman–Crippen LogP) is 2.71. The number of benzene rings is 1. The second-order valence-electron chi connectivity index (χ2n) is 4.73. The Kier molecular flexibility index (Phi) is 5.33. The van der Waals surface area contributed by atoms with Crippen LogP contribution >= 0.6 is 15.9 Å². The maximum atomic E-state index is 11.9. The van der Waals surface area contributed by atoms with E-state index in [0.29, 0.717) is 18.6 Å². The molecule has 5 heteroatoms. The van der Waals surface area contributed by atoms with Crippen LogP contribution in [-0.4, -0.2) is 17.1 Å². The second-order valence-corrected chi connectivity index (χ2v) is 5.65. The molecule has 2 aromatic rings. The zero-order chi connectivity index (χ0) is 15.2. The van der Waals surface area contributed by atoms with E-state index in [2.05, 4.69) is 15.9 Å². The molecule has 0 saturated carbocycles. The maximum absolute atomic E-state index is 11.9. The minimum absolute atomic E-state index is 0.0755. The molecule has 0 radical (unpaired) electrons. The Bertz CT molecular complexity index is 680. The van der Waals surface area contributed by atoms with Crippen molar-refractivity contribution in [3.8, 4) is 0 Å². The first-order chi connectivity index (χ1) is 10.1. The highest BCUT2D eigenvalue weighted by Crippen LogP contribution is 2.08. The lowest BCUT2D eigenvalue weighted by Gasteiger charge is -2.08. The minimum atomic E-state index is -0.412. The quantitative estimate of drug-likeness (QED) is 0.779. The van der Waals surface area contributed by atoms with Crippen LogP contribution in [0.2, 0.25) is 0 Å². The number of aryl methyl sites for hydroxylation is 1. The van der Waals surface area contributed by atoms with E-state index in [1.54, 1.807) is 19.2 Å². The molecule has 0 bridgehead atoms. The molecule has 0 atom stereocenters. The zero-order valence-corrected chi connectivity index (χ0v) is 13.3. The van der Waals surface area contributed by atoms with Gasteiger partial charge in [0.15, 0.2) is 0 Å². The lowest BCUT2D eigenvalue weighted by Crippen LogP contribution is -2.26. The molecule has 0 fully saturated rings. The fourth-order valence-electron chi connectivity index (χ4n) is 1.97. The number of carbonyl (C=O) groups is 1. The van der Waals surface area contributed by atoms with Crippen LogP contribution in [0.15, 0.2) is 51.9 Å². The van der Waals surface area contributed by atoms with Gasteiger partial charge < -0.3 is 9.30 Å². The van der Waals surface area contributed by atoms with Crippen molar-refractivity contribution in [3.05, 3.63) is 68.5 Å². The topological polar surface area (TPSA) is 48.3 Å². The maximum Gasteiger partial charge on any atom is 0.326 e. The van der Waals surface area contributed by atoms with Crippen molar-refractivity contribution in [2.24, 2.45) is 0 Å². The van der Waals surface area contributed by atoms with Crippen LogP contribution < -0.4 is 5.56 Å².